The second kappa shape index (κ2) is 8.98. The summed E-state index contributed by atoms with van der Waals surface area (Å²) in [6.07, 6.45) is -1.31. The second-order valence-corrected chi connectivity index (χ2v) is 8.68. The zero-order chi connectivity index (χ0) is 26.4. The number of benzene rings is 1. The number of carboxylic acid groups (broad SMARTS) is 1. The standard InChI is InChI=1S/C24H20F2N8O3/c1-12-5-14(8-27)31-34(12)23-15(13(2)35)3-4-22(30-23)33-11-28-19-6-16(25)18(7-21(19)33)29-20-10-32(24(36)37)9-17(20)26/h3-7,11,17,20,29H,9-10H2,1-2H3,(H,36,37)/t17-,20+/m1/s1. The lowest BCUT2D eigenvalue weighted by molar-refractivity contribution is 0.101. The number of nitrogens with one attached hydrogen (secondary N) is 1. The Kier molecular flexibility index (Phi) is 5.79. The van der Waals surface area contributed by atoms with Gasteiger partial charge in [-0.25, -0.2) is 28.2 Å². The number of pyridine rings is 1. The lowest BCUT2D eigenvalue weighted by Crippen LogP contribution is -2.31. The van der Waals surface area contributed by atoms with Crippen LogP contribution in [-0.4, -0.2) is 71.5 Å². The van der Waals surface area contributed by atoms with E-state index in [0.717, 1.165) is 4.90 Å². The molecule has 0 radical (unpaired) electrons. The van der Waals surface area contributed by atoms with Crippen molar-refractivity contribution in [3.05, 3.63) is 59.4 Å². The minimum atomic E-state index is -1.50. The molecule has 2 N–H and O–H groups in total. The molecule has 1 aliphatic heterocycles. The summed E-state index contributed by atoms with van der Waals surface area (Å²) in [4.78, 5) is 33.3. The number of likely N-dealkylation sites (tertiary alicyclic amines) is 1. The number of nitriles is 1. The van der Waals surface area contributed by atoms with E-state index in [1.54, 1.807) is 29.7 Å². The molecule has 1 amide bonds. The number of hydrogen-bond acceptors (Lipinski definition) is 7. The molecule has 37 heavy (non-hydrogen) atoms. The van der Waals surface area contributed by atoms with Crippen molar-refractivity contribution >= 4 is 28.6 Å². The average molecular weight is 506 g/mol. The van der Waals surface area contributed by atoms with Gasteiger partial charge in [0, 0.05) is 18.3 Å². The van der Waals surface area contributed by atoms with Gasteiger partial charge in [0.2, 0.25) is 0 Å². The van der Waals surface area contributed by atoms with Crippen molar-refractivity contribution < 1.29 is 23.5 Å². The van der Waals surface area contributed by atoms with Gasteiger partial charge in [-0.1, -0.05) is 0 Å². The predicted molar refractivity (Wildman–Crippen MR) is 127 cm³/mol. The lowest BCUT2D eigenvalue weighted by Gasteiger charge is -2.17. The van der Waals surface area contributed by atoms with Crippen LogP contribution in [0.1, 0.15) is 28.7 Å². The third-order valence-electron chi connectivity index (χ3n) is 6.19. The van der Waals surface area contributed by atoms with Crippen LogP contribution in [0, 0.1) is 24.1 Å². The molecule has 188 valence electrons. The van der Waals surface area contributed by atoms with E-state index in [0.29, 0.717) is 22.5 Å². The summed E-state index contributed by atoms with van der Waals surface area (Å²) in [7, 11) is 0. The molecule has 3 aromatic heterocycles. The number of nitrogens with zero attached hydrogens (tertiary/aromatic N) is 7. The number of carbonyl (C=O) groups excluding carboxylic acids is 1. The van der Waals surface area contributed by atoms with E-state index < -0.39 is 24.1 Å². The number of Topliss-reactive ketones (excluding diaryl/α,β-unsaturated/α-hetero) is 1. The van der Waals surface area contributed by atoms with Crippen LogP contribution in [0.15, 0.2) is 36.7 Å². The summed E-state index contributed by atoms with van der Waals surface area (Å²) < 4.78 is 32.2. The molecular weight excluding hydrogens is 486 g/mol. The quantitative estimate of drug-likeness (QED) is 0.393. The van der Waals surface area contributed by atoms with Crippen LogP contribution in [0.25, 0.3) is 22.7 Å². The lowest BCUT2D eigenvalue weighted by atomic mass is 10.1. The molecule has 1 aliphatic rings. The largest absolute Gasteiger partial charge is 0.465 e. The molecule has 0 spiro atoms. The number of alkyl halides is 1. The topological polar surface area (TPSA) is 142 Å². The molecule has 1 fully saturated rings. The Labute approximate surface area is 208 Å². The maximum Gasteiger partial charge on any atom is 0.407 e. The molecule has 0 unspecified atom stereocenters. The third-order valence-corrected chi connectivity index (χ3v) is 6.19. The van der Waals surface area contributed by atoms with Crippen LogP contribution >= 0.6 is 0 Å². The predicted octanol–water partition coefficient (Wildman–Crippen LogP) is 3.24. The zero-order valence-electron chi connectivity index (χ0n) is 19.7. The minimum Gasteiger partial charge on any atom is -0.465 e. The van der Waals surface area contributed by atoms with Gasteiger partial charge in [0.05, 0.1) is 34.9 Å². The molecule has 11 nitrogen and oxygen atoms in total. The molecule has 5 rings (SSSR count). The van der Waals surface area contributed by atoms with Crippen molar-refractivity contribution in [2.75, 3.05) is 18.4 Å². The van der Waals surface area contributed by atoms with E-state index in [2.05, 4.69) is 20.4 Å². The van der Waals surface area contributed by atoms with Gasteiger partial charge < -0.3 is 15.3 Å². The van der Waals surface area contributed by atoms with Crippen LogP contribution in [0.5, 0.6) is 0 Å². The SMILES string of the molecule is CC(=O)c1ccc(-n2cnc3cc(F)c(N[C@H]4CN(C(=O)O)C[C@H]4F)cc32)nc1-n1nc(C#N)cc1C. The van der Waals surface area contributed by atoms with Crippen molar-refractivity contribution in [1.82, 2.24) is 29.2 Å². The summed E-state index contributed by atoms with van der Waals surface area (Å²) in [5.41, 5.74) is 1.78. The van der Waals surface area contributed by atoms with Crippen molar-refractivity contribution in [1.29, 1.82) is 5.26 Å². The number of hydrogen-bond donors (Lipinski definition) is 2. The number of aromatic nitrogens is 5. The van der Waals surface area contributed by atoms with Gasteiger partial charge in [-0.05, 0) is 38.1 Å². The summed E-state index contributed by atoms with van der Waals surface area (Å²) in [5.74, 6) is -0.365. The van der Waals surface area contributed by atoms with Crippen molar-refractivity contribution in [3.63, 3.8) is 0 Å². The first-order valence-corrected chi connectivity index (χ1v) is 11.2. The smallest absolute Gasteiger partial charge is 0.407 e. The highest BCUT2D eigenvalue weighted by atomic mass is 19.1. The number of imidazole rings is 1. The Morgan fingerprint density at radius 1 is 1.24 bits per heavy atom. The Balaban J connectivity index is 1.57. The molecular formula is C24H20F2N8O3. The van der Waals surface area contributed by atoms with Crippen LogP contribution < -0.4 is 5.32 Å². The summed E-state index contributed by atoms with van der Waals surface area (Å²) in [5, 5.41) is 25.3. The van der Waals surface area contributed by atoms with Crippen LogP contribution in [0.3, 0.4) is 0 Å². The van der Waals surface area contributed by atoms with Crippen LogP contribution in [-0.2, 0) is 0 Å². The van der Waals surface area contributed by atoms with E-state index in [1.807, 2.05) is 6.07 Å². The second-order valence-electron chi connectivity index (χ2n) is 8.68. The molecule has 13 heteroatoms. The Morgan fingerprint density at radius 2 is 2.03 bits per heavy atom. The number of aryl methyl sites for hydroxylation is 1. The molecule has 0 aliphatic carbocycles. The highest BCUT2D eigenvalue weighted by Crippen LogP contribution is 2.28. The number of anilines is 1. The highest BCUT2D eigenvalue weighted by molar-refractivity contribution is 5.97. The zero-order valence-corrected chi connectivity index (χ0v) is 19.7. The van der Waals surface area contributed by atoms with Crippen molar-refractivity contribution in [2.24, 2.45) is 0 Å². The molecule has 1 aromatic carbocycles. The average Bonchev–Trinajstić information content (AvgIpc) is 3.55. The van der Waals surface area contributed by atoms with E-state index in [1.165, 1.54) is 30.1 Å². The number of halogens is 2. The number of carbonyl (C=O) groups is 2. The monoisotopic (exact) mass is 506 g/mol. The molecule has 2 atom stereocenters. The van der Waals surface area contributed by atoms with Gasteiger partial charge in [-0.2, -0.15) is 10.4 Å². The fraction of sp³-hybridized carbons (Fsp3) is 0.250. The molecule has 1 saturated heterocycles. The van der Waals surface area contributed by atoms with Gasteiger partial charge in [0.25, 0.3) is 0 Å². The maximum atomic E-state index is 14.8. The first-order chi connectivity index (χ1) is 17.7. The normalized spacial score (nSPS) is 17.2. The summed E-state index contributed by atoms with van der Waals surface area (Å²) in [6.45, 7) is 2.69. The van der Waals surface area contributed by atoms with Crippen molar-refractivity contribution in [2.45, 2.75) is 26.1 Å². The van der Waals surface area contributed by atoms with Gasteiger partial charge >= 0.3 is 6.09 Å². The fourth-order valence-corrected chi connectivity index (χ4v) is 4.33. The maximum absolute atomic E-state index is 14.8. The number of rotatable bonds is 5. The molecule has 4 aromatic rings. The van der Waals surface area contributed by atoms with Gasteiger partial charge in [-0.15, -0.1) is 0 Å². The molecule has 0 saturated carbocycles. The molecule has 0 bridgehead atoms. The summed E-state index contributed by atoms with van der Waals surface area (Å²) in [6, 6.07) is 8.42. The van der Waals surface area contributed by atoms with Crippen LogP contribution in [0.4, 0.5) is 19.3 Å². The van der Waals surface area contributed by atoms with E-state index in [-0.39, 0.29) is 41.6 Å². The Bertz CT molecular complexity index is 1610. The number of ketones is 1. The summed E-state index contributed by atoms with van der Waals surface area (Å²) >= 11 is 0. The minimum absolute atomic E-state index is 0.0173. The van der Waals surface area contributed by atoms with E-state index in [4.69, 9.17) is 5.11 Å². The van der Waals surface area contributed by atoms with Gasteiger partial charge in [0.15, 0.2) is 17.3 Å². The van der Waals surface area contributed by atoms with Crippen molar-refractivity contribution in [3.8, 4) is 17.7 Å². The number of amides is 1. The van der Waals surface area contributed by atoms with Crippen LogP contribution in [0.2, 0.25) is 0 Å². The third kappa shape index (κ3) is 4.22. The van der Waals surface area contributed by atoms with Gasteiger partial charge in [-0.3, -0.25) is 9.36 Å². The van der Waals surface area contributed by atoms with Gasteiger partial charge in [0.1, 0.15) is 30.2 Å². The van der Waals surface area contributed by atoms with E-state index in [9.17, 15) is 23.6 Å². The van der Waals surface area contributed by atoms with E-state index >= 15 is 0 Å². The fourth-order valence-electron chi connectivity index (χ4n) is 4.33. The first kappa shape index (κ1) is 23.9. The first-order valence-electron chi connectivity index (χ1n) is 11.2. The Hall–Kier alpha value is -4.86. The highest BCUT2D eigenvalue weighted by Gasteiger charge is 2.36. The Morgan fingerprint density at radius 3 is 2.68 bits per heavy atom. The number of fused-ring (bicyclic) bond motifs is 1. The molecule has 4 heterocycles.